The highest BCUT2D eigenvalue weighted by Gasteiger charge is 2.18. The number of amides is 1. The van der Waals surface area contributed by atoms with Crippen molar-refractivity contribution in [2.24, 2.45) is 5.92 Å². The molecule has 1 aliphatic rings. The maximum absolute atomic E-state index is 13.3. The molecule has 1 N–H and O–H groups in total. The Morgan fingerprint density at radius 1 is 1.12 bits per heavy atom. The van der Waals surface area contributed by atoms with Crippen LogP contribution in [0, 0.1) is 5.92 Å². The molecule has 6 heteroatoms. The Labute approximate surface area is 195 Å². The average Bonchev–Trinajstić information content (AvgIpc) is 2.82. The second kappa shape index (κ2) is 10.3. The minimum absolute atomic E-state index is 0.0881. The average molecular weight is 447 g/mol. The fraction of sp³-hybridized carbons (Fsp3) is 0.444. The summed E-state index contributed by atoms with van der Waals surface area (Å²) in [5, 5.41) is 3.03. The van der Waals surface area contributed by atoms with Gasteiger partial charge in [0.05, 0.1) is 11.0 Å². The molecule has 1 saturated heterocycles. The zero-order valence-corrected chi connectivity index (χ0v) is 19.9. The van der Waals surface area contributed by atoms with E-state index < -0.39 is 0 Å². The van der Waals surface area contributed by atoms with E-state index in [1.54, 1.807) is 12.1 Å². The van der Waals surface area contributed by atoms with Gasteiger partial charge < -0.3 is 9.88 Å². The summed E-state index contributed by atoms with van der Waals surface area (Å²) in [4.78, 5) is 33.0. The lowest BCUT2D eigenvalue weighted by Gasteiger charge is -2.33. The Morgan fingerprint density at radius 3 is 2.61 bits per heavy atom. The van der Waals surface area contributed by atoms with E-state index in [0.29, 0.717) is 36.3 Å². The van der Waals surface area contributed by atoms with Crippen LogP contribution in [-0.2, 0) is 6.54 Å². The molecule has 0 bridgehead atoms. The molecule has 0 unspecified atom stereocenters. The quantitative estimate of drug-likeness (QED) is 0.587. The summed E-state index contributed by atoms with van der Waals surface area (Å²) in [6.07, 6.45) is 3.77. The predicted octanol–water partition coefficient (Wildman–Crippen LogP) is 4.32. The molecule has 0 aliphatic carbocycles. The predicted molar refractivity (Wildman–Crippen MR) is 133 cm³/mol. The van der Waals surface area contributed by atoms with E-state index in [1.807, 2.05) is 41.0 Å². The number of para-hydroxylation sites is 2. The Balaban J connectivity index is 1.50. The minimum Gasteiger partial charge on any atom is -0.351 e. The van der Waals surface area contributed by atoms with E-state index in [-0.39, 0.29) is 11.5 Å². The number of piperidine rings is 1. The Hall–Kier alpha value is -2.99. The molecule has 3 aromatic rings. The van der Waals surface area contributed by atoms with Gasteiger partial charge in [0.25, 0.3) is 11.5 Å². The van der Waals surface area contributed by atoms with Crippen LogP contribution < -0.4 is 10.9 Å². The molecule has 1 aromatic heterocycles. The molecule has 2 heterocycles. The van der Waals surface area contributed by atoms with E-state index in [0.717, 1.165) is 29.7 Å². The third-order valence-corrected chi connectivity index (χ3v) is 6.45. The molecule has 174 valence electrons. The zero-order valence-electron chi connectivity index (χ0n) is 19.9. The zero-order chi connectivity index (χ0) is 23.4. The van der Waals surface area contributed by atoms with Crippen LogP contribution in [0.5, 0.6) is 0 Å². The van der Waals surface area contributed by atoms with Crippen molar-refractivity contribution in [2.75, 3.05) is 19.6 Å². The summed E-state index contributed by atoms with van der Waals surface area (Å²) in [6, 6.07) is 15.5. The fourth-order valence-electron chi connectivity index (χ4n) is 4.61. The smallest absolute Gasteiger partial charge is 0.277 e. The van der Waals surface area contributed by atoms with Gasteiger partial charge in [-0.05, 0) is 56.5 Å². The lowest BCUT2D eigenvalue weighted by Crippen LogP contribution is -2.42. The number of nitrogens with zero attached hydrogens (tertiary/aromatic N) is 3. The Morgan fingerprint density at radius 2 is 1.88 bits per heavy atom. The topological polar surface area (TPSA) is 67.2 Å². The first-order valence-corrected chi connectivity index (χ1v) is 12.1. The first-order chi connectivity index (χ1) is 15.9. The van der Waals surface area contributed by atoms with Gasteiger partial charge in [-0.2, -0.15) is 0 Å². The fourth-order valence-corrected chi connectivity index (χ4v) is 4.61. The number of hydrogen-bond acceptors (Lipinski definition) is 4. The summed E-state index contributed by atoms with van der Waals surface area (Å²) in [5.41, 5.74) is 3.27. The molecule has 33 heavy (non-hydrogen) atoms. The van der Waals surface area contributed by atoms with E-state index in [9.17, 15) is 9.59 Å². The van der Waals surface area contributed by atoms with Crippen molar-refractivity contribution in [1.82, 2.24) is 19.8 Å². The van der Waals surface area contributed by atoms with Gasteiger partial charge in [-0.15, -0.1) is 0 Å². The van der Waals surface area contributed by atoms with Gasteiger partial charge >= 0.3 is 0 Å². The molecule has 4 rings (SSSR count). The molecule has 0 radical (unpaired) electrons. The number of likely N-dealkylation sites (tertiary alicyclic amines) is 1. The Bertz CT molecular complexity index is 1170. The number of carbonyl (C=O) groups is 1. The first kappa shape index (κ1) is 23.2. The number of fused-ring (bicyclic) bond motifs is 1. The number of rotatable bonds is 7. The van der Waals surface area contributed by atoms with Crippen molar-refractivity contribution in [2.45, 2.75) is 52.6 Å². The molecular weight excluding hydrogens is 412 g/mol. The van der Waals surface area contributed by atoms with Crippen molar-refractivity contribution < 1.29 is 4.79 Å². The summed E-state index contributed by atoms with van der Waals surface area (Å²) in [5.74, 6) is 0.246. The van der Waals surface area contributed by atoms with Crippen LogP contribution in [-0.4, -0.2) is 46.0 Å². The van der Waals surface area contributed by atoms with Crippen LogP contribution in [0.15, 0.2) is 53.3 Å². The second-order valence-electron chi connectivity index (χ2n) is 9.47. The van der Waals surface area contributed by atoms with Crippen LogP contribution in [0.3, 0.4) is 0 Å². The van der Waals surface area contributed by atoms with Crippen molar-refractivity contribution in [1.29, 1.82) is 0 Å². The Kier molecular flexibility index (Phi) is 7.23. The molecule has 1 aliphatic heterocycles. The molecule has 0 spiro atoms. The molecule has 1 amide bonds. The SMILES string of the molecule is CC(C)Cn1c(=O)c(-c2ccc(C(=O)NCCN3CCCC[C@H]3C)cc2)nc2ccccc21. The van der Waals surface area contributed by atoms with E-state index in [2.05, 4.69) is 36.0 Å². The van der Waals surface area contributed by atoms with Crippen molar-refractivity contribution in [3.8, 4) is 11.3 Å². The molecular formula is C27H34N4O2. The van der Waals surface area contributed by atoms with Crippen LogP contribution in [0.25, 0.3) is 22.3 Å². The first-order valence-electron chi connectivity index (χ1n) is 12.1. The lowest BCUT2D eigenvalue weighted by atomic mass is 10.0. The molecule has 1 atom stereocenters. The minimum atomic E-state index is -0.102. The van der Waals surface area contributed by atoms with Gasteiger partial charge in [-0.1, -0.05) is 44.5 Å². The summed E-state index contributed by atoms with van der Waals surface area (Å²) in [7, 11) is 0. The standard InChI is InChI=1S/C27H34N4O2/c1-19(2)18-31-24-10-5-4-9-23(24)29-25(27(31)33)21-11-13-22(14-12-21)26(32)28-15-17-30-16-7-6-8-20(30)3/h4-5,9-14,19-20H,6-8,15-18H2,1-3H3,(H,28,32)/t20-/m1/s1. The maximum atomic E-state index is 13.3. The van der Waals surface area contributed by atoms with Crippen LogP contribution in [0.1, 0.15) is 50.4 Å². The van der Waals surface area contributed by atoms with Gasteiger partial charge in [0, 0.05) is 36.8 Å². The molecule has 6 nitrogen and oxygen atoms in total. The summed E-state index contributed by atoms with van der Waals surface area (Å²) in [6.45, 7) is 9.71. The van der Waals surface area contributed by atoms with Gasteiger partial charge in [0.1, 0.15) is 5.69 Å². The second-order valence-corrected chi connectivity index (χ2v) is 9.47. The van der Waals surface area contributed by atoms with Crippen LogP contribution in [0.4, 0.5) is 0 Å². The number of hydrogen-bond donors (Lipinski definition) is 1. The lowest BCUT2D eigenvalue weighted by molar-refractivity contribution is 0.0938. The van der Waals surface area contributed by atoms with E-state index >= 15 is 0 Å². The number of nitrogens with one attached hydrogen (secondary N) is 1. The van der Waals surface area contributed by atoms with Crippen molar-refractivity contribution in [3.05, 3.63) is 64.4 Å². The normalized spacial score (nSPS) is 16.9. The van der Waals surface area contributed by atoms with Gasteiger partial charge in [-0.3, -0.25) is 14.5 Å². The number of benzene rings is 2. The van der Waals surface area contributed by atoms with Gasteiger partial charge in [0.15, 0.2) is 0 Å². The van der Waals surface area contributed by atoms with E-state index in [1.165, 1.54) is 19.3 Å². The maximum Gasteiger partial charge on any atom is 0.277 e. The van der Waals surface area contributed by atoms with Gasteiger partial charge in [-0.25, -0.2) is 4.98 Å². The van der Waals surface area contributed by atoms with Crippen molar-refractivity contribution >= 4 is 16.9 Å². The number of carbonyl (C=O) groups excluding carboxylic acids is 1. The molecule has 0 saturated carbocycles. The monoisotopic (exact) mass is 446 g/mol. The summed E-state index contributed by atoms with van der Waals surface area (Å²) < 4.78 is 1.81. The highest BCUT2D eigenvalue weighted by atomic mass is 16.1. The third kappa shape index (κ3) is 5.33. The molecule has 1 fully saturated rings. The third-order valence-electron chi connectivity index (χ3n) is 6.45. The highest BCUT2D eigenvalue weighted by Crippen LogP contribution is 2.19. The van der Waals surface area contributed by atoms with Crippen molar-refractivity contribution in [3.63, 3.8) is 0 Å². The van der Waals surface area contributed by atoms with Gasteiger partial charge in [0.2, 0.25) is 0 Å². The van der Waals surface area contributed by atoms with Crippen LogP contribution >= 0.6 is 0 Å². The van der Waals surface area contributed by atoms with E-state index in [4.69, 9.17) is 0 Å². The number of aromatic nitrogens is 2. The largest absolute Gasteiger partial charge is 0.351 e. The molecule has 2 aromatic carbocycles. The van der Waals surface area contributed by atoms with Crippen LogP contribution in [0.2, 0.25) is 0 Å². The summed E-state index contributed by atoms with van der Waals surface area (Å²) >= 11 is 0. The highest BCUT2D eigenvalue weighted by molar-refractivity contribution is 5.94.